The minimum Gasteiger partial charge on any atom is -0.444 e. The zero-order valence-corrected chi connectivity index (χ0v) is 16.9. The average Bonchev–Trinajstić information content (AvgIpc) is 2.98. The Bertz CT molecular complexity index is 624. The molecule has 1 saturated heterocycles. The number of ether oxygens (including phenoxy) is 1. The van der Waals surface area contributed by atoms with E-state index >= 15 is 0 Å². The number of thiophene rings is 1. The lowest BCUT2D eigenvalue weighted by atomic mass is 9.81. The van der Waals surface area contributed by atoms with Crippen LogP contribution in [-0.4, -0.2) is 45.9 Å². The molecule has 0 aliphatic carbocycles. The van der Waals surface area contributed by atoms with Crippen LogP contribution in [0.4, 0.5) is 4.79 Å². The van der Waals surface area contributed by atoms with Gasteiger partial charge >= 0.3 is 6.09 Å². The number of likely N-dealkylation sites (tertiary alicyclic amines) is 1. The maximum absolute atomic E-state index is 12.2. The van der Waals surface area contributed by atoms with Gasteiger partial charge in [-0.3, -0.25) is 4.79 Å². The minimum absolute atomic E-state index is 0.00805. The largest absolute Gasteiger partial charge is 0.444 e. The van der Waals surface area contributed by atoms with Crippen LogP contribution in [0.2, 0.25) is 0 Å². The zero-order chi connectivity index (χ0) is 18.1. The van der Waals surface area contributed by atoms with Crippen LogP contribution in [-0.2, 0) is 10.3 Å². The molecule has 2 atom stereocenters. The second kappa shape index (κ2) is 7.14. The van der Waals surface area contributed by atoms with Crippen molar-refractivity contribution in [2.75, 3.05) is 18.4 Å². The lowest BCUT2D eigenvalue weighted by molar-refractivity contribution is -0.0709. The van der Waals surface area contributed by atoms with Crippen LogP contribution in [0.5, 0.6) is 0 Å². The molecule has 0 saturated carbocycles. The first-order chi connectivity index (χ1) is 11.1. The molecule has 0 radical (unpaired) electrons. The number of ketones is 1. The van der Waals surface area contributed by atoms with Crippen LogP contribution in [0, 0.1) is 5.92 Å². The first-order valence-electron chi connectivity index (χ1n) is 7.96. The van der Waals surface area contributed by atoms with Crippen LogP contribution >= 0.6 is 27.3 Å². The van der Waals surface area contributed by atoms with Crippen molar-refractivity contribution in [3.05, 3.63) is 21.9 Å². The van der Waals surface area contributed by atoms with E-state index in [1.165, 1.54) is 11.3 Å². The number of halogens is 1. The number of carbonyl (C=O) groups excluding carboxylic acids is 2. The Kier molecular flexibility index (Phi) is 5.77. The maximum atomic E-state index is 12.2. The molecule has 5 nitrogen and oxygen atoms in total. The summed E-state index contributed by atoms with van der Waals surface area (Å²) in [7, 11) is 0. The maximum Gasteiger partial charge on any atom is 0.410 e. The average molecular weight is 418 g/mol. The first-order valence-corrected chi connectivity index (χ1v) is 9.90. The van der Waals surface area contributed by atoms with Crippen LogP contribution < -0.4 is 0 Å². The second-order valence-electron chi connectivity index (χ2n) is 7.22. The molecule has 1 aromatic heterocycles. The van der Waals surface area contributed by atoms with Crippen LogP contribution in [0.25, 0.3) is 0 Å². The number of hydrogen-bond donors (Lipinski definition) is 1. The number of rotatable bonds is 3. The lowest BCUT2D eigenvalue weighted by Gasteiger charge is -2.42. The van der Waals surface area contributed by atoms with Crippen LogP contribution in [0.1, 0.15) is 48.7 Å². The Labute approximate surface area is 155 Å². The molecule has 0 aromatic carbocycles. The normalized spacial score (nSPS) is 24.8. The molecule has 1 aliphatic rings. The highest BCUT2D eigenvalue weighted by Gasteiger charge is 2.43. The van der Waals surface area contributed by atoms with E-state index in [1.54, 1.807) is 11.0 Å². The van der Waals surface area contributed by atoms with Gasteiger partial charge in [-0.2, -0.15) is 0 Å². The number of amides is 1. The van der Waals surface area contributed by atoms with Gasteiger partial charge in [0, 0.05) is 23.9 Å². The highest BCUT2D eigenvalue weighted by atomic mass is 79.9. The van der Waals surface area contributed by atoms with Crippen LogP contribution in [0.15, 0.2) is 12.1 Å². The van der Waals surface area contributed by atoms with E-state index in [9.17, 15) is 14.7 Å². The number of aliphatic hydroxyl groups is 1. The summed E-state index contributed by atoms with van der Waals surface area (Å²) in [6.45, 7) is 8.27. The van der Waals surface area contributed by atoms with Crippen molar-refractivity contribution in [2.45, 2.75) is 45.3 Å². The Morgan fingerprint density at radius 2 is 2.12 bits per heavy atom. The van der Waals surface area contributed by atoms with E-state index in [1.807, 2.05) is 33.8 Å². The number of nitrogens with zero attached hydrogens (tertiary/aromatic N) is 1. The third-order valence-corrected chi connectivity index (χ3v) is 5.96. The molecule has 0 spiro atoms. The second-order valence-corrected chi connectivity index (χ2v) is 8.87. The summed E-state index contributed by atoms with van der Waals surface area (Å²) < 4.78 is 5.41. The fourth-order valence-electron chi connectivity index (χ4n) is 2.77. The van der Waals surface area contributed by atoms with Crippen molar-refractivity contribution in [1.29, 1.82) is 0 Å². The van der Waals surface area contributed by atoms with Gasteiger partial charge < -0.3 is 14.7 Å². The molecule has 2 rings (SSSR count). The predicted molar refractivity (Wildman–Crippen MR) is 97.9 cm³/mol. The van der Waals surface area contributed by atoms with Crippen molar-refractivity contribution < 1.29 is 19.4 Å². The molecule has 0 unspecified atom stereocenters. The van der Waals surface area contributed by atoms with Gasteiger partial charge in [-0.15, -0.1) is 11.3 Å². The zero-order valence-electron chi connectivity index (χ0n) is 14.5. The van der Waals surface area contributed by atoms with E-state index in [2.05, 4.69) is 15.9 Å². The van der Waals surface area contributed by atoms with E-state index < -0.39 is 11.2 Å². The van der Waals surface area contributed by atoms with E-state index in [-0.39, 0.29) is 23.1 Å². The third-order valence-electron chi connectivity index (χ3n) is 4.15. The first kappa shape index (κ1) is 19.4. The Morgan fingerprint density at radius 3 is 2.67 bits per heavy atom. The lowest BCUT2D eigenvalue weighted by Crippen LogP contribution is -2.51. The summed E-state index contributed by atoms with van der Waals surface area (Å²) in [5.74, 6) is -0.141. The molecule has 134 valence electrons. The van der Waals surface area contributed by atoms with Crippen molar-refractivity contribution in [3.8, 4) is 0 Å². The van der Waals surface area contributed by atoms with Crippen molar-refractivity contribution in [2.24, 2.45) is 5.92 Å². The van der Waals surface area contributed by atoms with Crippen molar-refractivity contribution in [3.63, 3.8) is 0 Å². The van der Waals surface area contributed by atoms with Gasteiger partial charge in [0.25, 0.3) is 0 Å². The number of hydrogen-bond acceptors (Lipinski definition) is 5. The molecule has 7 heteroatoms. The summed E-state index contributed by atoms with van der Waals surface area (Å²) in [6.07, 6.45) is 0.0771. The predicted octanol–water partition coefficient (Wildman–Crippen LogP) is 3.79. The molecule has 1 fully saturated rings. The summed E-state index contributed by atoms with van der Waals surface area (Å²) in [4.78, 5) is 27.1. The van der Waals surface area contributed by atoms with E-state index in [0.717, 1.165) is 4.88 Å². The SMILES string of the molecule is C[C@H]1CN(C(=O)OC(C)(C)C)CC[C@]1(O)c1ccc(C(=O)CBr)s1. The number of carbonyl (C=O) groups is 2. The standard InChI is InChI=1S/C17H24BrNO4S/c1-11-10-19(15(21)23-16(2,3)4)8-7-17(11,22)14-6-5-13(24-14)12(20)9-18/h5-6,11,22H,7-10H2,1-4H3/t11-,17+/m0/s1. The molecule has 0 bridgehead atoms. The Hall–Kier alpha value is -0.920. The minimum atomic E-state index is -1.02. The molecule has 1 N–H and O–H groups in total. The number of Topliss-reactive ketones (excluding diaryl/α,β-unsaturated/α-hetero) is 1. The van der Waals surface area contributed by atoms with Crippen LogP contribution in [0.3, 0.4) is 0 Å². The molecule has 24 heavy (non-hydrogen) atoms. The smallest absolute Gasteiger partial charge is 0.410 e. The molecular weight excluding hydrogens is 394 g/mol. The summed E-state index contributed by atoms with van der Waals surface area (Å²) in [6, 6.07) is 3.58. The summed E-state index contributed by atoms with van der Waals surface area (Å²) in [5.41, 5.74) is -1.55. The molecule has 2 heterocycles. The summed E-state index contributed by atoms with van der Waals surface area (Å²) in [5, 5.41) is 11.4. The van der Waals surface area contributed by atoms with Gasteiger partial charge in [0.05, 0.1) is 10.2 Å². The fourth-order valence-corrected chi connectivity index (χ4v) is 4.43. The van der Waals surface area contributed by atoms with E-state index in [0.29, 0.717) is 24.4 Å². The fraction of sp³-hybridized carbons (Fsp3) is 0.647. The highest BCUT2D eigenvalue weighted by molar-refractivity contribution is 9.09. The highest BCUT2D eigenvalue weighted by Crippen LogP contribution is 2.41. The van der Waals surface area contributed by atoms with Gasteiger partial charge in [-0.05, 0) is 39.3 Å². The number of alkyl halides is 1. The topological polar surface area (TPSA) is 66.8 Å². The van der Waals surface area contributed by atoms with Gasteiger partial charge in [-0.25, -0.2) is 4.79 Å². The van der Waals surface area contributed by atoms with E-state index in [4.69, 9.17) is 4.74 Å². The van der Waals surface area contributed by atoms with Gasteiger partial charge in [0.2, 0.25) is 0 Å². The molecule has 1 aliphatic heterocycles. The molecule has 1 amide bonds. The van der Waals surface area contributed by atoms with Crippen molar-refractivity contribution >= 4 is 39.1 Å². The molecular formula is C17H24BrNO4S. The van der Waals surface area contributed by atoms with Crippen molar-refractivity contribution in [1.82, 2.24) is 4.90 Å². The van der Waals surface area contributed by atoms with Gasteiger partial charge in [-0.1, -0.05) is 22.9 Å². The Morgan fingerprint density at radius 1 is 1.46 bits per heavy atom. The molecule has 1 aromatic rings. The monoisotopic (exact) mass is 417 g/mol. The number of piperidine rings is 1. The van der Waals surface area contributed by atoms with Gasteiger partial charge in [0.15, 0.2) is 5.78 Å². The van der Waals surface area contributed by atoms with Gasteiger partial charge in [0.1, 0.15) is 11.2 Å². The quantitative estimate of drug-likeness (QED) is 0.599. The summed E-state index contributed by atoms with van der Waals surface area (Å²) >= 11 is 4.50. The Balaban J connectivity index is 2.10. The third kappa shape index (κ3) is 4.18.